The standard InChI is InChI=1S/C18H16F2N2O2S/c1-10(11-3-5-13(19)14(20)7-11)22(2)18(24)12-4-6-16-15(8-12)21-17(23)9-25-16/h3-8,10H,9H2,1-2H3,(H,21,23). The highest BCUT2D eigenvalue weighted by atomic mass is 32.2. The van der Waals surface area contributed by atoms with E-state index < -0.39 is 17.7 Å². The number of fused-ring (bicyclic) bond motifs is 1. The van der Waals surface area contributed by atoms with Crippen LogP contribution < -0.4 is 5.32 Å². The Hall–Kier alpha value is -2.41. The van der Waals surface area contributed by atoms with Gasteiger partial charge in [-0.15, -0.1) is 11.8 Å². The summed E-state index contributed by atoms with van der Waals surface area (Å²) in [5.74, 6) is -1.89. The first-order valence-electron chi connectivity index (χ1n) is 7.65. The van der Waals surface area contributed by atoms with E-state index in [-0.39, 0.29) is 11.8 Å². The number of carbonyl (C=O) groups excluding carboxylic acids is 2. The molecule has 0 aliphatic carbocycles. The van der Waals surface area contributed by atoms with Crippen LogP contribution >= 0.6 is 11.8 Å². The first kappa shape index (κ1) is 17.4. The summed E-state index contributed by atoms with van der Waals surface area (Å²) in [5, 5.41) is 2.75. The lowest BCUT2D eigenvalue weighted by molar-refractivity contribution is -0.113. The summed E-state index contributed by atoms with van der Waals surface area (Å²) in [5.41, 5.74) is 1.52. The Bertz CT molecular complexity index is 857. The van der Waals surface area contributed by atoms with Crippen molar-refractivity contribution in [2.45, 2.75) is 17.9 Å². The third kappa shape index (κ3) is 3.51. The van der Waals surface area contributed by atoms with Crippen LogP contribution in [-0.4, -0.2) is 29.5 Å². The molecule has 1 atom stereocenters. The van der Waals surface area contributed by atoms with Crippen molar-refractivity contribution in [2.24, 2.45) is 0 Å². The first-order chi connectivity index (χ1) is 11.9. The van der Waals surface area contributed by atoms with E-state index in [9.17, 15) is 18.4 Å². The number of rotatable bonds is 3. The molecule has 1 aliphatic rings. The number of thioether (sulfide) groups is 1. The van der Waals surface area contributed by atoms with Crippen molar-refractivity contribution in [2.75, 3.05) is 18.1 Å². The molecule has 0 saturated heterocycles. The first-order valence-corrected chi connectivity index (χ1v) is 8.64. The number of amides is 2. The van der Waals surface area contributed by atoms with Crippen LogP contribution in [0.4, 0.5) is 14.5 Å². The summed E-state index contributed by atoms with van der Waals surface area (Å²) in [6.45, 7) is 1.74. The van der Waals surface area contributed by atoms with Gasteiger partial charge in [-0.3, -0.25) is 9.59 Å². The van der Waals surface area contributed by atoms with E-state index in [0.717, 1.165) is 17.0 Å². The molecule has 2 amide bonds. The third-order valence-electron chi connectivity index (χ3n) is 4.19. The van der Waals surface area contributed by atoms with Crippen molar-refractivity contribution in [1.29, 1.82) is 0 Å². The Balaban J connectivity index is 1.83. The van der Waals surface area contributed by atoms with E-state index in [4.69, 9.17) is 0 Å². The van der Waals surface area contributed by atoms with E-state index in [1.54, 1.807) is 32.2 Å². The lowest BCUT2D eigenvalue weighted by Crippen LogP contribution is -2.30. The minimum absolute atomic E-state index is 0.106. The molecule has 1 N–H and O–H groups in total. The predicted molar refractivity (Wildman–Crippen MR) is 92.7 cm³/mol. The molecule has 2 aromatic rings. The zero-order valence-electron chi connectivity index (χ0n) is 13.7. The van der Waals surface area contributed by atoms with E-state index in [1.165, 1.54) is 22.7 Å². The van der Waals surface area contributed by atoms with Gasteiger partial charge in [-0.25, -0.2) is 8.78 Å². The van der Waals surface area contributed by atoms with Crippen molar-refractivity contribution < 1.29 is 18.4 Å². The molecule has 0 fully saturated rings. The molecule has 0 aromatic heterocycles. The number of hydrogen-bond acceptors (Lipinski definition) is 3. The molecule has 1 aliphatic heterocycles. The number of halogens is 2. The minimum Gasteiger partial charge on any atom is -0.335 e. The fraction of sp³-hybridized carbons (Fsp3) is 0.222. The zero-order chi connectivity index (χ0) is 18.1. The van der Waals surface area contributed by atoms with Crippen LogP contribution in [-0.2, 0) is 4.79 Å². The van der Waals surface area contributed by atoms with Crippen LogP contribution in [0, 0.1) is 11.6 Å². The van der Waals surface area contributed by atoms with Crippen molar-refractivity contribution in [1.82, 2.24) is 4.90 Å². The molecule has 2 aromatic carbocycles. The highest BCUT2D eigenvalue weighted by Crippen LogP contribution is 2.32. The summed E-state index contributed by atoms with van der Waals surface area (Å²) in [4.78, 5) is 26.6. The zero-order valence-corrected chi connectivity index (χ0v) is 14.5. The van der Waals surface area contributed by atoms with Gasteiger partial charge >= 0.3 is 0 Å². The molecule has 1 unspecified atom stereocenters. The average Bonchev–Trinajstić information content (AvgIpc) is 2.61. The molecule has 0 bridgehead atoms. The van der Waals surface area contributed by atoms with Gasteiger partial charge < -0.3 is 10.2 Å². The summed E-state index contributed by atoms with van der Waals surface area (Å²) < 4.78 is 26.5. The van der Waals surface area contributed by atoms with Crippen LogP contribution in [0.1, 0.15) is 28.9 Å². The third-order valence-corrected chi connectivity index (χ3v) is 5.26. The summed E-state index contributed by atoms with van der Waals surface area (Å²) in [7, 11) is 1.60. The number of nitrogens with one attached hydrogen (secondary N) is 1. The van der Waals surface area contributed by atoms with E-state index in [2.05, 4.69) is 5.32 Å². The molecule has 7 heteroatoms. The van der Waals surface area contributed by atoms with Crippen LogP contribution in [0.15, 0.2) is 41.3 Å². The summed E-state index contributed by atoms with van der Waals surface area (Å²) in [6, 6.07) is 8.27. The number of nitrogens with zero attached hydrogens (tertiary/aromatic N) is 1. The molecular weight excluding hydrogens is 346 g/mol. The van der Waals surface area contributed by atoms with Crippen LogP contribution in [0.3, 0.4) is 0 Å². The second-order valence-electron chi connectivity index (χ2n) is 5.81. The topological polar surface area (TPSA) is 49.4 Å². The van der Waals surface area contributed by atoms with Crippen LogP contribution in [0.2, 0.25) is 0 Å². The fourth-order valence-corrected chi connectivity index (χ4v) is 3.38. The largest absolute Gasteiger partial charge is 0.335 e. The highest BCUT2D eigenvalue weighted by Gasteiger charge is 2.22. The molecule has 3 rings (SSSR count). The van der Waals surface area contributed by atoms with Gasteiger partial charge in [0.2, 0.25) is 5.91 Å². The molecule has 1 heterocycles. The maximum absolute atomic E-state index is 13.4. The highest BCUT2D eigenvalue weighted by molar-refractivity contribution is 8.00. The fourth-order valence-electron chi connectivity index (χ4n) is 2.59. The number of anilines is 1. The van der Waals surface area contributed by atoms with Gasteiger partial charge in [0, 0.05) is 17.5 Å². The van der Waals surface area contributed by atoms with Crippen molar-refractivity contribution in [3.05, 3.63) is 59.2 Å². The van der Waals surface area contributed by atoms with Gasteiger partial charge in [-0.2, -0.15) is 0 Å². The number of hydrogen-bond donors (Lipinski definition) is 1. The van der Waals surface area contributed by atoms with Crippen molar-refractivity contribution in [3.8, 4) is 0 Å². The van der Waals surface area contributed by atoms with Gasteiger partial charge in [-0.05, 0) is 42.8 Å². The Labute approximate surface area is 148 Å². The minimum atomic E-state index is -0.946. The number of carbonyl (C=O) groups is 2. The van der Waals surface area contributed by atoms with E-state index >= 15 is 0 Å². The molecule has 130 valence electrons. The van der Waals surface area contributed by atoms with Gasteiger partial charge in [-0.1, -0.05) is 6.07 Å². The van der Waals surface area contributed by atoms with E-state index in [1.807, 2.05) is 0 Å². The Morgan fingerprint density at radius 2 is 1.96 bits per heavy atom. The SMILES string of the molecule is CC(c1ccc(F)c(F)c1)N(C)C(=O)c1ccc2c(c1)NC(=O)CS2. The molecule has 0 saturated carbocycles. The second kappa shape index (κ2) is 6.84. The quantitative estimate of drug-likeness (QED) is 0.902. The smallest absolute Gasteiger partial charge is 0.254 e. The normalized spacial score (nSPS) is 14.5. The lowest BCUT2D eigenvalue weighted by Gasteiger charge is -2.26. The van der Waals surface area contributed by atoms with Gasteiger partial charge in [0.25, 0.3) is 5.91 Å². The van der Waals surface area contributed by atoms with Crippen molar-refractivity contribution in [3.63, 3.8) is 0 Å². The van der Waals surface area contributed by atoms with Gasteiger partial charge in [0.1, 0.15) is 0 Å². The molecule has 25 heavy (non-hydrogen) atoms. The molecule has 0 radical (unpaired) electrons. The van der Waals surface area contributed by atoms with Gasteiger partial charge in [0.05, 0.1) is 17.5 Å². The van der Waals surface area contributed by atoms with E-state index in [0.29, 0.717) is 22.6 Å². The van der Waals surface area contributed by atoms with Gasteiger partial charge in [0.15, 0.2) is 11.6 Å². The molecule has 4 nitrogen and oxygen atoms in total. The summed E-state index contributed by atoms with van der Waals surface area (Å²) in [6.07, 6.45) is 0. The summed E-state index contributed by atoms with van der Waals surface area (Å²) >= 11 is 1.42. The Morgan fingerprint density at radius 3 is 2.68 bits per heavy atom. The monoisotopic (exact) mass is 362 g/mol. The average molecular weight is 362 g/mol. The lowest BCUT2D eigenvalue weighted by atomic mass is 10.1. The van der Waals surface area contributed by atoms with Crippen molar-refractivity contribution >= 4 is 29.3 Å². The Morgan fingerprint density at radius 1 is 1.20 bits per heavy atom. The molecular formula is C18H16F2N2O2S. The second-order valence-corrected chi connectivity index (χ2v) is 6.83. The predicted octanol–water partition coefficient (Wildman–Crippen LogP) is 3.84. The maximum Gasteiger partial charge on any atom is 0.254 e. The molecule has 0 spiro atoms. The maximum atomic E-state index is 13.4. The van der Waals surface area contributed by atoms with Crippen LogP contribution in [0.5, 0.6) is 0 Å². The van der Waals surface area contributed by atoms with Crippen LogP contribution in [0.25, 0.3) is 0 Å². The Kier molecular flexibility index (Phi) is 4.76. The number of benzene rings is 2.